The van der Waals surface area contributed by atoms with Crippen molar-refractivity contribution in [2.75, 3.05) is 12.9 Å². The molecule has 13 heavy (non-hydrogen) atoms. The number of esters is 1. The van der Waals surface area contributed by atoms with Crippen LogP contribution >= 0.6 is 12.6 Å². The third kappa shape index (κ3) is 2.49. The van der Waals surface area contributed by atoms with Crippen LogP contribution in [0.3, 0.4) is 0 Å². The number of aryl methyl sites for hydroxylation is 1. The van der Waals surface area contributed by atoms with E-state index in [-0.39, 0.29) is 5.97 Å². The Balaban J connectivity index is 2.97. The van der Waals surface area contributed by atoms with Gasteiger partial charge in [-0.1, -0.05) is 18.2 Å². The minimum Gasteiger partial charge on any atom is -0.465 e. The zero-order valence-corrected chi connectivity index (χ0v) is 8.38. The van der Waals surface area contributed by atoms with Gasteiger partial charge in [-0.2, -0.15) is 12.6 Å². The fraction of sp³-hybridized carbons (Fsp3) is 0.300. The molecule has 1 aromatic rings. The number of rotatable bonds is 3. The van der Waals surface area contributed by atoms with Crippen molar-refractivity contribution in [3.8, 4) is 0 Å². The number of hydrogen-bond donors (Lipinski definition) is 1. The van der Waals surface area contributed by atoms with Gasteiger partial charge in [-0.05, 0) is 23.8 Å². The van der Waals surface area contributed by atoms with Gasteiger partial charge >= 0.3 is 5.97 Å². The summed E-state index contributed by atoms with van der Waals surface area (Å²) in [5.41, 5.74) is 1.63. The molecule has 1 rings (SSSR count). The standard InChI is InChI=1S/C10H12O2S/c1-12-10(11)9-5-3-2-4-8(9)6-7-13/h2-5,13H,6-7H2,1H3. The predicted octanol–water partition coefficient (Wildman–Crippen LogP) is 1.95. The molecule has 0 saturated carbocycles. The summed E-state index contributed by atoms with van der Waals surface area (Å²) in [6, 6.07) is 7.42. The van der Waals surface area contributed by atoms with Crippen molar-refractivity contribution in [3.05, 3.63) is 35.4 Å². The molecule has 0 radical (unpaired) electrons. The van der Waals surface area contributed by atoms with E-state index < -0.39 is 0 Å². The fourth-order valence-electron chi connectivity index (χ4n) is 1.17. The number of thiol groups is 1. The Morgan fingerprint density at radius 2 is 2.15 bits per heavy atom. The van der Waals surface area contributed by atoms with Crippen LogP contribution in [-0.4, -0.2) is 18.8 Å². The normalized spacial score (nSPS) is 9.69. The van der Waals surface area contributed by atoms with Crippen molar-refractivity contribution in [3.63, 3.8) is 0 Å². The van der Waals surface area contributed by atoms with E-state index >= 15 is 0 Å². The second-order valence-electron chi connectivity index (χ2n) is 2.62. The third-order valence-electron chi connectivity index (χ3n) is 1.80. The largest absolute Gasteiger partial charge is 0.465 e. The topological polar surface area (TPSA) is 26.3 Å². The molecular weight excluding hydrogens is 184 g/mol. The number of ether oxygens (including phenoxy) is 1. The fourth-order valence-corrected chi connectivity index (χ4v) is 1.41. The first-order valence-corrected chi connectivity index (χ1v) is 4.70. The first kappa shape index (κ1) is 10.1. The first-order chi connectivity index (χ1) is 6.29. The van der Waals surface area contributed by atoms with E-state index in [0.29, 0.717) is 5.56 Å². The number of carbonyl (C=O) groups is 1. The lowest BCUT2D eigenvalue weighted by atomic mass is 10.1. The highest BCUT2D eigenvalue weighted by molar-refractivity contribution is 7.80. The Morgan fingerprint density at radius 3 is 2.77 bits per heavy atom. The SMILES string of the molecule is COC(=O)c1ccccc1CCS. The monoisotopic (exact) mass is 196 g/mol. The molecule has 0 amide bonds. The van der Waals surface area contributed by atoms with Crippen LogP contribution in [0, 0.1) is 0 Å². The molecule has 3 heteroatoms. The molecule has 0 aromatic heterocycles. The summed E-state index contributed by atoms with van der Waals surface area (Å²) in [5.74, 6) is 0.450. The van der Waals surface area contributed by atoms with Crippen molar-refractivity contribution in [2.24, 2.45) is 0 Å². The first-order valence-electron chi connectivity index (χ1n) is 4.06. The Bertz CT molecular complexity index is 297. The molecule has 2 nitrogen and oxygen atoms in total. The van der Waals surface area contributed by atoms with Crippen LogP contribution in [0.15, 0.2) is 24.3 Å². The van der Waals surface area contributed by atoms with E-state index in [0.717, 1.165) is 17.7 Å². The molecule has 0 aliphatic heterocycles. The van der Waals surface area contributed by atoms with Gasteiger partial charge in [0.1, 0.15) is 0 Å². The summed E-state index contributed by atoms with van der Waals surface area (Å²) in [4.78, 5) is 11.3. The third-order valence-corrected chi connectivity index (χ3v) is 2.03. The molecule has 0 heterocycles. The van der Waals surface area contributed by atoms with Gasteiger partial charge in [0, 0.05) is 0 Å². The van der Waals surface area contributed by atoms with Crippen LogP contribution in [-0.2, 0) is 11.2 Å². The smallest absolute Gasteiger partial charge is 0.338 e. The van der Waals surface area contributed by atoms with Gasteiger partial charge in [0.05, 0.1) is 12.7 Å². The van der Waals surface area contributed by atoms with Crippen LogP contribution in [0.4, 0.5) is 0 Å². The Morgan fingerprint density at radius 1 is 1.46 bits per heavy atom. The molecular formula is C10H12O2S. The quantitative estimate of drug-likeness (QED) is 0.590. The summed E-state index contributed by atoms with van der Waals surface area (Å²) in [5, 5.41) is 0. The number of benzene rings is 1. The van der Waals surface area contributed by atoms with Gasteiger partial charge in [-0.15, -0.1) is 0 Å². The van der Waals surface area contributed by atoms with Crippen molar-refractivity contribution in [1.29, 1.82) is 0 Å². The molecule has 0 spiro atoms. The summed E-state index contributed by atoms with van der Waals surface area (Å²) in [6.45, 7) is 0. The summed E-state index contributed by atoms with van der Waals surface area (Å²) >= 11 is 4.12. The highest BCUT2D eigenvalue weighted by atomic mass is 32.1. The molecule has 0 atom stereocenters. The lowest BCUT2D eigenvalue weighted by Gasteiger charge is -2.05. The summed E-state index contributed by atoms with van der Waals surface area (Å²) in [7, 11) is 1.39. The molecule has 0 unspecified atom stereocenters. The summed E-state index contributed by atoms with van der Waals surface area (Å²) in [6.07, 6.45) is 0.786. The number of hydrogen-bond acceptors (Lipinski definition) is 3. The zero-order valence-electron chi connectivity index (χ0n) is 7.49. The maximum atomic E-state index is 11.3. The average molecular weight is 196 g/mol. The van der Waals surface area contributed by atoms with Gasteiger partial charge in [-0.3, -0.25) is 0 Å². The maximum absolute atomic E-state index is 11.3. The maximum Gasteiger partial charge on any atom is 0.338 e. The lowest BCUT2D eigenvalue weighted by molar-refractivity contribution is 0.0599. The van der Waals surface area contributed by atoms with E-state index in [4.69, 9.17) is 0 Å². The van der Waals surface area contributed by atoms with Crippen LogP contribution in [0.5, 0.6) is 0 Å². The van der Waals surface area contributed by atoms with E-state index in [1.54, 1.807) is 6.07 Å². The van der Waals surface area contributed by atoms with E-state index in [2.05, 4.69) is 17.4 Å². The van der Waals surface area contributed by atoms with Gasteiger partial charge in [-0.25, -0.2) is 4.79 Å². The van der Waals surface area contributed by atoms with Crippen molar-refractivity contribution in [1.82, 2.24) is 0 Å². The van der Waals surface area contributed by atoms with Crippen LogP contribution < -0.4 is 0 Å². The van der Waals surface area contributed by atoms with Crippen LogP contribution in [0.2, 0.25) is 0 Å². The lowest BCUT2D eigenvalue weighted by Crippen LogP contribution is -2.05. The van der Waals surface area contributed by atoms with Crippen LogP contribution in [0.1, 0.15) is 15.9 Å². The van der Waals surface area contributed by atoms with E-state index in [9.17, 15) is 4.79 Å². The van der Waals surface area contributed by atoms with Crippen molar-refractivity contribution >= 4 is 18.6 Å². The minimum atomic E-state index is -0.280. The molecule has 0 bridgehead atoms. The number of carbonyl (C=O) groups excluding carboxylic acids is 1. The number of methoxy groups -OCH3 is 1. The minimum absolute atomic E-state index is 0.280. The van der Waals surface area contributed by atoms with E-state index in [1.807, 2.05) is 18.2 Å². The van der Waals surface area contributed by atoms with Gasteiger partial charge < -0.3 is 4.74 Å². The highest BCUT2D eigenvalue weighted by Gasteiger charge is 2.09. The predicted molar refractivity (Wildman–Crippen MR) is 55.3 cm³/mol. The van der Waals surface area contributed by atoms with Gasteiger partial charge in [0.2, 0.25) is 0 Å². The molecule has 0 fully saturated rings. The molecule has 0 aliphatic rings. The molecule has 0 saturated heterocycles. The Kier molecular flexibility index (Phi) is 3.83. The Labute approximate surface area is 83.3 Å². The average Bonchev–Trinajstić information content (AvgIpc) is 2.18. The van der Waals surface area contributed by atoms with Crippen molar-refractivity contribution < 1.29 is 9.53 Å². The van der Waals surface area contributed by atoms with E-state index in [1.165, 1.54) is 7.11 Å². The molecule has 0 aliphatic carbocycles. The summed E-state index contributed by atoms with van der Waals surface area (Å²) < 4.78 is 4.66. The van der Waals surface area contributed by atoms with Crippen molar-refractivity contribution in [2.45, 2.75) is 6.42 Å². The Hall–Kier alpha value is -0.960. The molecule has 1 aromatic carbocycles. The van der Waals surface area contributed by atoms with Crippen LogP contribution in [0.25, 0.3) is 0 Å². The van der Waals surface area contributed by atoms with Gasteiger partial charge in [0.25, 0.3) is 0 Å². The van der Waals surface area contributed by atoms with Gasteiger partial charge in [0.15, 0.2) is 0 Å². The zero-order chi connectivity index (χ0) is 9.68. The molecule has 0 N–H and O–H groups in total. The molecule has 70 valence electrons. The highest BCUT2D eigenvalue weighted by Crippen LogP contribution is 2.11. The second kappa shape index (κ2) is 4.92. The second-order valence-corrected chi connectivity index (χ2v) is 3.07.